The van der Waals surface area contributed by atoms with Crippen molar-refractivity contribution in [3.8, 4) is 0 Å². The summed E-state index contributed by atoms with van der Waals surface area (Å²) in [4.78, 5) is 24.1. The van der Waals surface area contributed by atoms with Gasteiger partial charge in [0.1, 0.15) is 0 Å². The normalized spacial score (nSPS) is 11.6. The Morgan fingerprint density at radius 3 is 2.46 bits per heavy atom. The fourth-order valence-corrected chi connectivity index (χ4v) is 2.32. The first-order valence-electron chi connectivity index (χ1n) is 8.08. The number of anilines is 1. The van der Waals surface area contributed by atoms with Crippen molar-refractivity contribution in [3.63, 3.8) is 0 Å². The van der Waals surface area contributed by atoms with Gasteiger partial charge in [0.15, 0.2) is 6.10 Å². The molecule has 4 heteroatoms. The lowest BCUT2D eigenvalue weighted by Gasteiger charge is -2.15. The van der Waals surface area contributed by atoms with Crippen LogP contribution in [-0.4, -0.2) is 18.0 Å². The summed E-state index contributed by atoms with van der Waals surface area (Å²) in [5.74, 6) is -0.695. The van der Waals surface area contributed by atoms with Gasteiger partial charge in [0.05, 0.1) is 0 Å². The Balaban J connectivity index is 1.84. The molecule has 0 radical (unpaired) electrons. The van der Waals surface area contributed by atoms with Crippen molar-refractivity contribution in [1.29, 1.82) is 0 Å². The van der Waals surface area contributed by atoms with Crippen LogP contribution in [0, 0.1) is 13.8 Å². The van der Waals surface area contributed by atoms with Crippen molar-refractivity contribution >= 4 is 17.6 Å². The zero-order valence-corrected chi connectivity index (χ0v) is 14.3. The van der Waals surface area contributed by atoms with Crippen LogP contribution in [0.25, 0.3) is 0 Å². The van der Waals surface area contributed by atoms with E-state index in [-0.39, 0.29) is 18.3 Å². The minimum Gasteiger partial charge on any atom is -0.453 e. The highest BCUT2D eigenvalue weighted by Crippen LogP contribution is 2.18. The van der Waals surface area contributed by atoms with E-state index in [1.807, 2.05) is 62.4 Å². The molecule has 2 aromatic carbocycles. The molecule has 1 unspecified atom stereocenters. The molecular formula is C20H23NO3. The summed E-state index contributed by atoms with van der Waals surface area (Å²) in [6.07, 6.45) is 0.0315. The standard InChI is InChI=1S/C20H23NO3/c1-14-8-7-11-18(15(14)2)21-20(23)16(3)24-19(22)13-12-17-9-5-4-6-10-17/h4-11,16H,12-13H2,1-3H3,(H,21,23). The first-order chi connectivity index (χ1) is 11.5. The molecule has 0 saturated heterocycles. The Bertz CT molecular complexity index is 710. The molecule has 0 fully saturated rings. The second-order valence-corrected chi connectivity index (χ2v) is 5.85. The number of aryl methyl sites for hydroxylation is 2. The van der Waals surface area contributed by atoms with E-state index < -0.39 is 6.10 Å². The summed E-state index contributed by atoms with van der Waals surface area (Å²) in [6, 6.07) is 15.4. The van der Waals surface area contributed by atoms with E-state index in [2.05, 4.69) is 5.32 Å². The van der Waals surface area contributed by atoms with Gasteiger partial charge in [-0.25, -0.2) is 0 Å². The minimum atomic E-state index is -0.826. The molecule has 2 aromatic rings. The van der Waals surface area contributed by atoms with E-state index >= 15 is 0 Å². The minimum absolute atomic E-state index is 0.255. The first kappa shape index (κ1) is 17.7. The number of benzene rings is 2. The summed E-state index contributed by atoms with van der Waals surface area (Å²) in [5, 5.41) is 2.81. The SMILES string of the molecule is Cc1cccc(NC(=O)C(C)OC(=O)CCc2ccccc2)c1C. The molecule has 0 bridgehead atoms. The van der Waals surface area contributed by atoms with E-state index in [0.717, 1.165) is 22.4 Å². The van der Waals surface area contributed by atoms with Gasteiger partial charge < -0.3 is 10.1 Å². The van der Waals surface area contributed by atoms with E-state index in [4.69, 9.17) is 4.74 Å². The molecule has 0 spiro atoms. The number of esters is 1. The molecule has 0 saturated carbocycles. The fraction of sp³-hybridized carbons (Fsp3) is 0.300. The van der Waals surface area contributed by atoms with Crippen LogP contribution in [0.5, 0.6) is 0 Å². The highest BCUT2D eigenvalue weighted by molar-refractivity contribution is 5.95. The van der Waals surface area contributed by atoms with E-state index in [9.17, 15) is 9.59 Å². The number of rotatable bonds is 6. The summed E-state index contributed by atoms with van der Waals surface area (Å²) < 4.78 is 5.23. The number of nitrogens with one attached hydrogen (secondary N) is 1. The summed E-state index contributed by atoms with van der Waals surface area (Å²) in [7, 11) is 0. The van der Waals surface area contributed by atoms with Gasteiger partial charge in [0, 0.05) is 12.1 Å². The molecule has 126 valence electrons. The first-order valence-corrected chi connectivity index (χ1v) is 8.08. The average Bonchev–Trinajstić information content (AvgIpc) is 2.58. The Labute approximate surface area is 142 Å². The monoisotopic (exact) mass is 325 g/mol. The van der Waals surface area contributed by atoms with E-state index in [1.54, 1.807) is 6.92 Å². The maximum atomic E-state index is 12.2. The Hall–Kier alpha value is -2.62. The smallest absolute Gasteiger partial charge is 0.306 e. The third-order valence-corrected chi connectivity index (χ3v) is 4.00. The van der Waals surface area contributed by atoms with Crippen LogP contribution in [-0.2, 0) is 20.7 Å². The molecule has 1 amide bonds. The van der Waals surface area contributed by atoms with Crippen LogP contribution >= 0.6 is 0 Å². The number of hydrogen-bond donors (Lipinski definition) is 1. The fourth-order valence-electron chi connectivity index (χ4n) is 2.32. The molecule has 0 aromatic heterocycles. The summed E-state index contributed by atoms with van der Waals surface area (Å²) in [6.45, 7) is 5.51. The van der Waals surface area contributed by atoms with E-state index in [1.165, 1.54) is 0 Å². The number of ether oxygens (including phenoxy) is 1. The molecule has 0 heterocycles. The Morgan fingerprint density at radius 1 is 1.04 bits per heavy atom. The third-order valence-electron chi connectivity index (χ3n) is 4.00. The van der Waals surface area contributed by atoms with Crippen LogP contribution in [0.15, 0.2) is 48.5 Å². The van der Waals surface area contributed by atoms with Gasteiger partial charge in [-0.1, -0.05) is 42.5 Å². The zero-order valence-electron chi connectivity index (χ0n) is 14.3. The largest absolute Gasteiger partial charge is 0.453 e. The maximum Gasteiger partial charge on any atom is 0.306 e. The highest BCUT2D eigenvalue weighted by Gasteiger charge is 2.18. The zero-order chi connectivity index (χ0) is 17.5. The van der Waals surface area contributed by atoms with Gasteiger partial charge in [0.2, 0.25) is 0 Å². The highest BCUT2D eigenvalue weighted by atomic mass is 16.5. The van der Waals surface area contributed by atoms with Crippen molar-refractivity contribution in [3.05, 3.63) is 65.2 Å². The average molecular weight is 325 g/mol. The molecule has 2 rings (SSSR count). The van der Waals surface area contributed by atoms with Crippen LogP contribution in [0.3, 0.4) is 0 Å². The second-order valence-electron chi connectivity index (χ2n) is 5.85. The Morgan fingerprint density at radius 2 is 1.75 bits per heavy atom. The van der Waals surface area contributed by atoms with Crippen LogP contribution in [0.1, 0.15) is 30.0 Å². The predicted octanol–water partition coefficient (Wildman–Crippen LogP) is 3.81. The number of carbonyl (C=O) groups is 2. The molecule has 4 nitrogen and oxygen atoms in total. The van der Waals surface area contributed by atoms with Crippen LogP contribution in [0.4, 0.5) is 5.69 Å². The lowest BCUT2D eigenvalue weighted by molar-refractivity contribution is -0.153. The molecule has 24 heavy (non-hydrogen) atoms. The lowest BCUT2D eigenvalue weighted by atomic mass is 10.1. The van der Waals surface area contributed by atoms with Gasteiger partial charge >= 0.3 is 5.97 Å². The van der Waals surface area contributed by atoms with Crippen molar-refractivity contribution in [2.45, 2.75) is 39.7 Å². The topological polar surface area (TPSA) is 55.4 Å². The lowest BCUT2D eigenvalue weighted by Crippen LogP contribution is -2.30. The van der Waals surface area contributed by atoms with Gasteiger partial charge in [-0.05, 0) is 49.9 Å². The molecule has 0 aliphatic rings. The van der Waals surface area contributed by atoms with Crippen molar-refractivity contribution in [2.24, 2.45) is 0 Å². The number of carbonyl (C=O) groups excluding carboxylic acids is 2. The Kier molecular flexibility index (Phi) is 6.13. The molecule has 0 aliphatic heterocycles. The second kappa shape index (κ2) is 8.29. The maximum absolute atomic E-state index is 12.2. The van der Waals surface area contributed by atoms with Crippen molar-refractivity contribution < 1.29 is 14.3 Å². The van der Waals surface area contributed by atoms with Gasteiger partial charge in [-0.2, -0.15) is 0 Å². The van der Waals surface area contributed by atoms with Crippen LogP contribution in [0.2, 0.25) is 0 Å². The quantitative estimate of drug-likeness (QED) is 0.822. The van der Waals surface area contributed by atoms with Gasteiger partial charge in [-0.3, -0.25) is 9.59 Å². The van der Waals surface area contributed by atoms with Crippen molar-refractivity contribution in [2.75, 3.05) is 5.32 Å². The summed E-state index contributed by atoms with van der Waals surface area (Å²) in [5.41, 5.74) is 3.92. The third kappa shape index (κ3) is 4.95. The van der Waals surface area contributed by atoms with Crippen molar-refractivity contribution in [1.82, 2.24) is 0 Å². The molecule has 0 aliphatic carbocycles. The van der Waals surface area contributed by atoms with E-state index in [0.29, 0.717) is 6.42 Å². The summed E-state index contributed by atoms with van der Waals surface area (Å²) >= 11 is 0. The predicted molar refractivity (Wildman–Crippen MR) is 94.9 cm³/mol. The molecular weight excluding hydrogens is 302 g/mol. The van der Waals surface area contributed by atoms with Crippen LogP contribution < -0.4 is 5.32 Å². The molecule has 1 atom stereocenters. The van der Waals surface area contributed by atoms with Gasteiger partial charge in [-0.15, -0.1) is 0 Å². The molecule has 1 N–H and O–H groups in total. The number of amides is 1. The van der Waals surface area contributed by atoms with Gasteiger partial charge in [0.25, 0.3) is 5.91 Å². The number of hydrogen-bond acceptors (Lipinski definition) is 3.